The van der Waals surface area contributed by atoms with E-state index in [9.17, 15) is 9.59 Å². The van der Waals surface area contributed by atoms with Crippen LogP contribution in [0.25, 0.3) is 15.9 Å². The molecule has 8 heteroatoms. The number of nitrogens with zero attached hydrogens (tertiary/aromatic N) is 2. The molecule has 4 aromatic rings. The van der Waals surface area contributed by atoms with Gasteiger partial charge in [-0.25, -0.2) is 4.98 Å². The van der Waals surface area contributed by atoms with Crippen molar-refractivity contribution in [3.63, 3.8) is 0 Å². The van der Waals surface area contributed by atoms with Gasteiger partial charge in [0.1, 0.15) is 4.83 Å². The first kappa shape index (κ1) is 23.1. The van der Waals surface area contributed by atoms with Crippen LogP contribution >= 0.6 is 34.7 Å². The molecular formula is C26H24ClN3O2S2. The maximum Gasteiger partial charge on any atom is 0.267 e. The zero-order valence-electron chi connectivity index (χ0n) is 19.0. The van der Waals surface area contributed by atoms with Crippen molar-refractivity contribution in [3.8, 4) is 5.69 Å². The average molecular weight is 510 g/mol. The topological polar surface area (TPSA) is 64.0 Å². The van der Waals surface area contributed by atoms with Crippen molar-refractivity contribution in [3.05, 3.63) is 79.4 Å². The second-order valence-electron chi connectivity index (χ2n) is 8.53. The highest BCUT2D eigenvalue weighted by molar-refractivity contribution is 7.99. The van der Waals surface area contributed by atoms with Crippen molar-refractivity contribution in [1.82, 2.24) is 9.55 Å². The number of halogens is 1. The van der Waals surface area contributed by atoms with Crippen molar-refractivity contribution in [2.24, 2.45) is 0 Å². The van der Waals surface area contributed by atoms with E-state index in [2.05, 4.69) is 11.4 Å². The Balaban J connectivity index is 1.56. The molecule has 2 aromatic heterocycles. The minimum Gasteiger partial charge on any atom is -0.324 e. The summed E-state index contributed by atoms with van der Waals surface area (Å²) in [4.78, 5) is 33.6. The van der Waals surface area contributed by atoms with E-state index < -0.39 is 0 Å². The third-order valence-electron chi connectivity index (χ3n) is 6.03. The highest BCUT2D eigenvalue weighted by atomic mass is 35.5. The summed E-state index contributed by atoms with van der Waals surface area (Å²) in [5.74, 6) is -0.0933. The van der Waals surface area contributed by atoms with Gasteiger partial charge in [-0.2, -0.15) is 0 Å². The highest BCUT2D eigenvalue weighted by Gasteiger charge is 2.24. The van der Waals surface area contributed by atoms with Crippen molar-refractivity contribution >= 4 is 56.5 Å². The largest absolute Gasteiger partial charge is 0.324 e. The normalized spacial score (nSPS) is 13.1. The molecule has 0 radical (unpaired) electrons. The van der Waals surface area contributed by atoms with Gasteiger partial charge in [-0.3, -0.25) is 14.2 Å². The standard InChI is InChI=1S/C26H24ClN3O2S2/c1-15-11-12-20(16(2)13-15)30-25(32)23-17-7-3-6-10-21(17)34-24(23)29-26(30)33-14-22(31)28-19-9-5-4-8-18(19)27/h4-5,8-9,11-13H,3,6-7,10,14H2,1-2H3,(H,28,31). The number of benzene rings is 2. The molecule has 0 saturated heterocycles. The van der Waals surface area contributed by atoms with Gasteiger partial charge in [0.05, 0.1) is 27.5 Å². The number of aromatic nitrogens is 2. The first-order valence-corrected chi connectivity index (χ1v) is 13.4. The van der Waals surface area contributed by atoms with Crippen LogP contribution in [0.15, 0.2) is 52.4 Å². The smallest absolute Gasteiger partial charge is 0.267 e. The summed E-state index contributed by atoms with van der Waals surface area (Å²) in [6, 6.07) is 13.2. The molecule has 1 aliphatic rings. The summed E-state index contributed by atoms with van der Waals surface area (Å²) >= 11 is 9.07. The first-order chi connectivity index (χ1) is 16.4. The van der Waals surface area contributed by atoms with E-state index in [0.29, 0.717) is 15.9 Å². The predicted molar refractivity (Wildman–Crippen MR) is 142 cm³/mol. The SMILES string of the molecule is Cc1ccc(-n2c(SCC(=O)Nc3ccccc3Cl)nc3sc4c(c3c2=O)CCCC4)c(C)c1. The number of thiophene rings is 1. The molecule has 1 aliphatic carbocycles. The Bertz CT molecular complexity index is 1480. The van der Waals surface area contributed by atoms with Gasteiger partial charge >= 0.3 is 0 Å². The lowest BCUT2D eigenvalue weighted by molar-refractivity contribution is -0.113. The van der Waals surface area contributed by atoms with Crippen LogP contribution in [0.4, 0.5) is 5.69 Å². The maximum absolute atomic E-state index is 13.9. The summed E-state index contributed by atoms with van der Waals surface area (Å²) in [5, 5.41) is 4.59. The molecule has 1 amide bonds. The molecule has 0 aliphatic heterocycles. The fraction of sp³-hybridized carbons (Fsp3) is 0.269. The first-order valence-electron chi connectivity index (χ1n) is 11.2. The summed E-state index contributed by atoms with van der Waals surface area (Å²) in [6.07, 6.45) is 4.17. The van der Waals surface area contributed by atoms with E-state index in [1.807, 2.05) is 38.1 Å². The fourth-order valence-electron chi connectivity index (χ4n) is 4.43. The van der Waals surface area contributed by atoms with Crippen LogP contribution in [0, 0.1) is 13.8 Å². The molecule has 0 saturated carbocycles. The maximum atomic E-state index is 13.9. The molecule has 5 rings (SSSR count). The molecule has 5 nitrogen and oxygen atoms in total. The van der Waals surface area contributed by atoms with Crippen LogP contribution in [-0.4, -0.2) is 21.2 Å². The van der Waals surface area contributed by atoms with E-state index in [-0.39, 0.29) is 17.2 Å². The van der Waals surface area contributed by atoms with Crippen molar-refractivity contribution in [2.45, 2.75) is 44.7 Å². The van der Waals surface area contributed by atoms with Crippen molar-refractivity contribution in [2.75, 3.05) is 11.1 Å². The van der Waals surface area contributed by atoms with Crippen LogP contribution in [0.2, 0.25) is 5.02 Å². The number of hydrogen-bond acceptors (Lipinski definition) is 5. The van der Waals surface area contributed by atoms with E-state index in [4.69, 9.17) is 16.6 Å². The molecule has 0 atom stereocenters. The summed E-state index contributed by atoms with van der Waals surface area (Å²) in [7, 11) is 0. The lowest BCUT2D eigenvalue weighted by Gasteiger charge is -2.16. The Labute approximate surface area is 211 Å². The monoisotopic (exact) mass is 509 g/mol. The second kappa shape index (κ2) is 9.56. The minimum atomic E-state index is -0.204. The number of nitrogens with one attached hydrogen (secondary N) is 1. The van der Waals surface area contributed by atoms with Gasteiger partial charge in [0.25, 0.3) is 5.56 Å². The Morgan fingerprint density at radius 3 is 2.76 bits per heavy atom. The predicted octanol–water partition coefficient (Wildman–Crippen LogP) is 6.33. The molecule has 34 heavy (non-hydrogen) atoms. The number of hydrogen-bond donors (Lipinski definition) is 1. The van der Waals surface area contributed by atoms with E-state index in [1.165, 1.54) is 16.6 Å². The molecule has 0 bridgehead atoms. The van der Waals surface area contributed by atoms with Gasteiger partial charge in [-0.1, -0.05) is 53.2 Å². The summed E-state index contributed by atoms with van der Waals surface area (Å²) in [5.41, 5.74) is 4.60. The number of fused-ring (bicyclic) bond motifs is 3. The van der Waals surface area contributed by atoms with Gasteiger partial charge in [0.15, 0.2) is 5.16 Å². The van der Waals surface area contributed by atoms with Gasteiger partial charge in [0.2, 0.25) is 5.91 Å². The number of thioether (sulfide) groups is 1. The van der Waals surface area contributed by atoms with Crippen LogP contribution in [0.1, 0.15) is 34.4 Å². The van der Waals surface area contributed by atoms with Crippen LogP contribution in [0.5, 0.6) is 0 Å². The highest BCUT2D eigenvalue weighted by Crippen LogP contribution is 2.35. The fourth-order valence-corrected chi connectivity index (χ4v) is 6.72. The summed E-state index contributed by atoms with van der Waals surface area (Å²) in [6.45, 7) is 4.03. The van der Waals surface area contributed by atoms with E-state index >= 15 is 0 Å². The molecule has 174 valence electrons. The Hall–Kier alpha value is -2.61. The third-order valence-corrected chi connectivity index (χ3v) is 8.49. The molecule has 2 heterocycles. The number of carbonyl (C=O) groups excluding carboxylic acids is 1. The van der Waals surface area contributed by atoms with Gasteiger partial charge in [-0.15, -0.1) is 11.3 Å². The average Bonchev–Trinajstić information content (AvgIpc) is 3.19. The minimum absolute atomic E-state index is 0.0506. The number of anilines is 1. The Morgan fingerprint density at radius 1 is 1.18 bits per heavy atom. The number of para-hydroxylation sites is 1. The number of carbonyl (C=O) groups is 1. The van der Waals surface area contributed by atoms with Crippen molar-refractivity contribution in [1.29, 1.82) is 0 Å². The third kappa shape index (κ3) is 4.40. The summed E-state index contributed by atoms with van der Waals surface area (Å²) < 4.78 is 1.69. The molecular weight excluding hydrogens is 486 g/mol. The molecule has 2 aromatic carbocycles. The lowest BCUT2D eigenvalue weighted by Crippen LogP contribution is -2.24. The van der Waals surface area contributed by atoms with Gasteiger partial charge < -0.3 is 5.32 Å². The Morgan fingerprint density at radius 2 is 1.97 bits per heavy atom. The molecule has 1 N–H and O–H groups in total. The zero-order valence-corrected chi connectivity index (χ0v) is 21.4. The lowest BCUT2D eigenvalue weighted by atomic mass is 9.97. The van der Waals surface area contributed by atoms with Crippen LogP contribution in [-0.2, 0) is 17.6 Å². The van der Waals surface area contributed by atoms with Gasteiger partial charge in [-0.05, 0) is 68.9 Å². The Kier molecular flexibility index (Phi) is 6.51. The molecule has 0 unspecified atom stereocenters. The van der Waals surface area contributed by atoms with Crippen LogP contribution in [0.3, 0.4) is 0 Å². The van der Waals surface area contributed by atoms with Crippen molar-refractivity contribution < 1.29 is 4.79 Å². The van der Waals surface area contributed by atoms with E-state index in [0.717, 1.165) is 58.3 Å². The van der Waals surface area contributed by atoms with Crippen LogP contribution < -0.4 is 10.9 Å². The van der Waals surface area contributed by atoms with Gasteiger partial charge in [0, 0.05) is 4.88 Å². The zero-order chi connectivity index (χ0) is 23.8. The molecule has 0 spiro atoms. The number of aryl methyl sites for hydroxylation is 4. The number of rotatable bonds is 5. The number of amides is 1. The van der Waals surface area contributed by atoms with E-state index in [1.54, 1.807) is 28.0 Å². The second-order valence-corrected chi connectivity index (χ2v) is 11.0. The quantitative estimate of drug-likeness (QED) is 0.252. The molecule has 0 fully saturated rings.